The van der Waals surface area contributed by atoms with E-state index in [1.807, 2.05) is 48.0 Å². The zero-order valence-electron chi connectivity index (χ0n) is 19.1. The molecule has 1 saturated carbocycles. The Morgan fingerprint density at radius 3 is 2.64 bits per heavy atom. The number of nitrogens with two attached hydrogens (primary N) is 1. The number of aryl methyl sites for hydroxylation is 1. The summed E-state index contributed by atoms with van der Waals surface area (Å²) in [5, 5.41) is 3.48. The molecular weight excluding hydrogens is 416 g/mol. The SMILES string of the molecule is Cc1cccc(-n2c(-c3ccnc(N[C@H]4CC[C@H](N)CC4)n3)cn(C3CCOCC3)c2=O)c1. The molecule has 0 bridgehead atoms. The van der Waals surface area contributed by atoms with Crippen molar-refractivity contribution in [2.45, 2.75) is 63.6 Å². The van der Waals surface area contributed by atoms with Crippen LogP contribution in [0.4, 0.5) is 5.95 Å². The van der Waals surface area contributed by atoms with E-state index in [-0.39, 0.29) is 11.7 Å². The summed E-state index contributed by atoms with van der Waals surface area (Å²) in [6.45, 7) is 3.38. The minimum Gasteiger partial charge on any atom is -0.381 e. The first-order valence-electron chi connectivity index (χ1n) is 11.9. The van der Waals surface area contributed by atoms with E-state index in [1.54, 1.807) is 10.8 Å². The second-order valence-electron chi connectivity index (χ2n) is 9.24. The number of ether oxygens (including phenoxy) is 1. The molecule has 2 aliphatic rings. The highest BCUT2D eigenvalue weighted by atomic mass is 16.5. The van der Waals surface area contributed by atoms with Gasteiger partial charge < -0.3 is 15.8 Å². The van der Waals surface area contributed by atoms with Gasteiger partial charge in [-0.25, -0.2) is 14.8 Å². The van der Waals surface area contributed by atoms with Gasteiger partial charge in [-0.2, -0.15) is 0 Å². The largest absolute Gasteiger partial charge is 0.381 e. The van der Waals surface area contributed by atoms with Crippen LogP contribution in [0, 0.1) is 6.92 Å². The number of imidazole rings is 1. The number of nitrogens with one attached hydrogen (secondary N) is 1. The van der Waals surface area contributed by atoms with Crippen LogP contribution in [0.1, 0.15) is 50.1 Å². The summed E-state index contributed by atoms with van der Waals surface area (Å²) >= 11 is 0. The third kappa shape index (κ3) is 4.72. The van der Waals surface area contributed by atoms with E-state index in [2.05, 4.69) is 10.3 Å². The van der Waals surface area contributed by atoms with Crippen LogP contribution in [-0.4, -0.2) is 44.4 Å². The Balaban J connectivity index is 1.53. The van der Waals surface area contributed by atoms with Gasteiger partial charge in [0.05, 0.1) is 17.1 Å². The molecule has 174 valence electrons. The van der Waals surface area contributed by atoms with Crippen molar-refractivity contribution < 1.29 is 4.74 Å². The van der Waals surface area contributed by atoms with E-state index in [0.29, 0.717) is 31.2 Å². The molecule has 3 N–H and O–H groups in total. The quantitative estimate of drug-likeness (QED) is 0.620. The number of anilines is 1. The standard InChI is InChI=1S/C25H32N6O2/c1-17-3-2-4-21(15-17)31-23(16-30(25(31)32)20-10-13-33-14-11-20)22-9-12-27-24(29-22)28-19-7-5-18(26)6-8-19/h2-4,9,12,15-16,18-20H,5-8,10-11,13-14,26H2,1H3,(H,27,28,29)/t18-,19-. The molecular formula is C25H32N6O2. The molecule has 1 aromatic carbocycles. The van der Waals surface area contributed by atoms with E-state index in [1.165, 1.54) is 0 Å². The van der Waals surface area contributed by atoms with E-state index >= 15 is 0 Å². The van der Waals surface area contributed by atoms with Gasteiger partial charge in [0, 0.05) is 43.7 Å². The Bertz CT molecular complexity index is 1160. The van der Waals surface area contributed by atoms with Gasteiger partial charge in [-0.3, -0.25) is 9.13 Å². The molecule has 0 amide bonds. The predicted molar refractivity (Wildman–Crippen MR) is 129 cm³/mol. The van der Waals surface area contributed by atoms with Crippen molar-refractivity contribution in [3.63, 3.8) is 0 Å². The number of hydrogen-bond acceptors (Lipinski definition) is 6. The fourth-order valence-corrected chi connectivity index (χ4v) is 4.90. The maximum atomic E-state index is 13.6. The van der Waals surface area contributed by atoms with Crippen LogP contribution in [0.15, 0.2) is 47.5 Å². The normalized spacial score (nSPS) is 21.8. The molecule has 0 radical (unpaired) electrons. The average Bonchev–Trinajstić information content (AvgIpc) is 3.18. The summed E-state index contributed by atoms with van der Waals surface area (Å²) in [4.78, 5) is 22.9. The van der Waals surface area contributed by atoms with Crippen LogP contribution < -0.4 is 16.7 Å². The summed E-state index contributed by atoms with van der Waals surface area (Å²) in [6.07, 6.45) is 9.43. The Morgan fingerprint density at radius 1 is 1.09 bits per heavy atom. The molecule has 8 heteroatoms. The van der Waals surface area contributed by atoms with Crippen molar-refractivity contribution in [3.05, 3.63) is 58.8 Å². The maximum Gasteiger partial charge on any atom is 0.333 e. The molecule has 1 aliphatic carbocycles. The lowest BCUT2D eigenvalue weighted by molar-refractivity contribution is 0.0686. The zero-order valence-corrected chi connectivity index (χ0v) is 19.1. The summed E-state index contributed by atoms with van der Waals surface area (Å²) in [7, 11) is 0. The Kier molecular flexibility index (Phi) is 6.28. The molecule has 1 aliphatic heterocycles. The first-order valence-corrected chi connectivity index (χ1v) is 11.9. The number of rotatable bonds is 5. The van der Waals surface area contributed by atoms with Gasteiger partial charge in [0.15, 0.2) is 0 Å². The second kappa shape index (κ2) is 9.49. The molecule has 3 aromatic rings. The molecule has 3 heterocycles. The lowest BCUT2D eigenvalue weighted by Crippen LogP contribution is -2.33. The van der Waals surface area contributed by atoms with Crippen molar-refractivity contribution in [3.8, 4) is 17.1 Å². The lowest BCUT2D eigenvalue weighted by Gasteiger charge is -2.26. The third-order valence-corrected chi connectivity index (χ3v) is 6.78. The third-order valence-electron chi connectivity index (χ3n) is 6.78. The van der Waals surface area contributed by atoms with Gasteiger partial charge in [-0.15, -0.1) is 0 Å². The second-order valence-corrected chi connectivity index (χ2v) is 9.24. The molecule has 2 aromatic heterocycles. The van der Waals surface area contributed by atoms with E-state index in [4.69, 9.17) is 15.5 Å². The van der Waals surface area contributed by atoms with Crippen LogP contribution in [0.5, 0.6) is 0 Å². The summed E-state index contributed by atoms with van der Waals surface area (Å²) in [5.74, 6) is 0.593. The molecule has 2 fully saturated rings. The van der Waals surface area contributed by atoms with Crippen molar-refractivity contribution in [2.24, 2.45) is 5.73 Å². The summed E-state index contributed by atoms with van der Waals surface area (Å²) in [6, 6.07) is 10.6. The van der Waals surface area contributed by atoms with Gasteiger partial charge in [0.25, 0.3) is 0 Å². The smallest absolute Gasteiger partial charge is 0.333 e. The highest BCUT2D eigenvalue weighted by Gasteiger charge is 2.24. The minimum atomic E-state index is -0.0445. The van der Waals surface area contributed by atoms with Crippen molar-refractivity contribution >= 4 is 5.95 Å². The number of aromatic nitrogens is 4. The lowest BCUT2D eigenvalue weighted by atomic mass is 9.92. The average molecular weight is 449 g/mol. The van der Waals surface area contributed by atoms with Gasteiger partial charge >= 0.3 is 5.69 Å². The van der Waals surface area contributed by atoms with Crippen LogP contribution >= 0.6 is 0 Å². The van der Waals surface area contributed by atoms with Crippen molar-refractivity contribution in [1.82, 2.24) is 19.1 Å². The van der Waals surface area contributed by atoms with Gasteiger partial charge in [-0.1, -0.05) is 12.1 Å². The van der Waals surface area contributed by atoms with Gasteiger partial charge in [-0.05, 0) is 69.2 Å². The first-order chi connectivity index (χ1) is 16.1. The van der Waals surface area contributed by atoms with Crippen LogP contribution in [0.25, 0.3) is 17.1 Å². The fourth-order valence-electron chi connectivity index (χ4n) is 4.90. The minimum absolute atomic E-state index is 0.0445. The Morgan fingerprint density at radius 2 is 1.88 bits per heavy atom. The number of benzene rings is 1. The topological polar surface area (TPSA) is 100.0 Å². The number of nitrogens with zero attached hydrogens (tertiary/aromatic N) is 4. The molecule has 0 unspecified atom stereocenters. The summed E-state index contributed by atoms with van der Waals surface area (Å²) < 4.78 is 9.15. The Hall–Kier alpha value is -2.97. The molecule has 8 nitrogen and oxygen atoms in total. The molecule has 0 spiro atoms. The van der Waals surface area contributed by atoms with Crippen LogP contribution in [-0.2, 0) is 4.74 Å². The summed E-state index contributed by atoms with van der Waals surface area (Å²) in [5.41, 5.74) is 9.45. The van der Waals surface area contributed by atoms with Crippen LogP contribution in [0.3, 0.4) is 0 Å². The van der Waals surface area contributed by atoms with Crippen LogP contribution in [0.2, 0.25) is 0 Å². The van der Waals surface area contributed by atoms with E-state index in [0.717, 1.165) is 61.2 Å². The maximum absolute atomic E-state index is 13.6. The van der Waals surface area contributed by atoms with E-state index in [9.17, 15) is 4.79 Å². The zero-order chi connectivity index (χ0) is 22.8. The highest BCUT2D eigenvalue weighted by Crippen LogP contribution is 2.27. The van der Waals surface area contributed by atoms with Gasteiger partial charge in [0.1, 0.15) is 0 Å². The van der Waals surface area contributed by atoms with Crippen molar-refractivity contribution in [1.29, 1.82) is 0 Å². The fraction of sp³-hybridized carbons (Fsp3) is 0.480. The monoisotopic (exact) mass is 448 g/mol. The molecule has 1 saturated heterocycles. The predicted octanol–water partition coefficient (Wildman–Crippen LogP) is 3.44. The molecule has 5 rings (SSSR count). The van der Waals surface area contributed by atoms with Gasteiger partial charge in [0.2, 0.25) is 5.95 Å². The highest BCUT2D eigenvalue weighted by molar-refractivity contribution is 5.59. The van der Waals surface area contributed by atoms with E-state index < -0.39 is 0 Å². The molecule has 0 atom stereocenters. The number of hydrogen-bond donors (Lipinski definition) is 2. The first kappa shape index (κ1) is 21.9. The molecule has 33 heavy (non-hydrogen) atoms. The Labute approximate surface area is 193 Å². The van der Waals surface area contributed by atoms with Crippen molar-refractivity contribution in [2.75, 3.05) is 18.5 Å².